The van der Waals surface area contributed by atoms with E-state index in [2.05, 4.69) is 26.1 Å². The van der Waals surface area contributed by atoms with Gasteiger partial charge in [-0.25, -0.2) is 0 Å². The molecule has 74 valence electrons. The third-order valence-electron chi connectivity index (χ3n) is 2.51. The molecule has 1 saturated heterocycles. The van der Waals surface area contributed by atoms with Gasteiger partial charge in [0.15, 0.2) is 0 Å². The van der Waals surface area contributed by atoms with Crippen molar-refractivity contribution in [1.29, 1.82) is 0 Å². The molecule has 0 bridgehead atoms. The second-order valence-electron chi connectivity index (χ2n) is 5.35. The summed E-state index contributed by atoms with van der Waals surface area (Å²) >= 11 is 0. The Bertz CT molecular complexity index is 238. The van der Waals surface area contributed by atoms with E-state index in [9.17, 15) is 4.79 Å². The van der Waals surface area contributed by atoms with E-state index in [0.717, 1.165) is 19.3 Å². The molecule has 0 aromatic carbocycles. The molecule has 1 heterocycles. The minimum atomic E-state index is -0.243. The van der Waals surface area contributed by atoms with Crippen LogP contribution in [0.3, 0.4) is 0 Å². The van der Waals surface area contributed by atoms with Crippen molar-refractivity contribution >= 4 is 5.91 Å². The maximum atomic E-state index is 11.5. The SMILES string of the molecule is CC(C)(C)CC1OC2(CC2)NC1=O. The summed E-state index contributed by atoms with van der Waals surface area (Å²) in [7, 11) is 0. The quantitative estimate of drug-likeness (QED) is 0.667. The molecule has 1 spiro atoms. The number of carbonyl (C=O) groups is 1. The average molecular weight is 183 g/mol. The largest absolute Gasteiger partial charge is 0.343 e. The summed E-state index contributed by atoms with van der Waals surface area (Å²) in [5.41, 5.74) is -0.0879. The minimum Gasteiger partial charge on any atom is -0.343 e. The highest BCUT2D eigenvalue weighted by Crippen LogP contribution is 2.43. The summed E-state index contributed by atoms with van der Waals surface area (Å²) in [4.78, 5) is 11.5. The molecule has 1 unspecified atom stereocenters. The van der Waals surface area contributed by atoms with Gasteiger partial charge in [0, 0.05) is 0 Å². The molecular weight excluding hydrogens is 166 g/mol. The molecule has 2 aliphatic rings. The second-order valence-corrected chi connectivity index (χ2v) is 5.35. The molecule has 2 fully saturated rings. The van der Waals surface area contributed by atoms with Crippen molar-refractivity contribution in [3.8, 4) is 0 Å². The Morgan fingerprint density at radius 3 is 2.54 bits per heavy atom. The number of amides is 1. The van der Waals surface area contributed by atoms with Crippen LogP contribution in [0.25, 0.3) is 0 Å². The number of nitrogens with one attached hydrogen (secondary N) is 1. The van der Waals surface area contributed by atoms with Gasteiger partial charge >= 0.3 is 0 Å². The summed E-state index contributed by atoms with van der Waals surface area (Å²) in [5.74, 6) is 0.0763. The molecule has 1 amide bonds. The Labute approximate surface area is 78.8 Å². The van der Waals surface area contributed by atoms with Crippen molar-refractivity contribution in [1.82, 2.24) is 5.32 Å². The van der Waals surface area contributed by atoms with Crippen molar-refractivity contribution in [3.05, 3.63) is 0 Å². The van der Waals surface area contributed by atoms with E-state index < -0.39 is 0 Å². The van der Waals surface area contributed by atoms with E-state index in [-0.39, 0.29) is 23.2 Å². The molecule has 1 aliphatic carbocycles. The van der Waals surface area contributed by atoms with Crippen LogP contribution in [0.5, 0.6) is 0 Å². The molecule has 13 heavy (non-hydrogen) atoms. The predicted octanol–water partition coefficient (Wildman–Crippen LogP) is 1.43. The van der Waals surface area contributed by atoms with Crippen molar-refractivity contribution in [2.75, 3.05) is 0 Å². The van der Waals surface area contributed by atoms with Crippen LogP contribution in [0.4, 0.5) is 0 Å². The van der Waals surface area contributed by atoms with Crippen LogP contribution in [0, 0.1) is 5.41 Å². The van der Waals surface area contributed by atoms with E-state index in [1.807, 2.05) is 0 Å². The fourth-order valence-corrected chi connectivity index (χ4v) is 1.71. The maximum Gasteiger partial charge on any atom is 0.251 e. The van der Waals surface area contributed by atoms with E-state index in [0.29, 0.717) is 0 Å². The first-order chi connectivity index (χ1) is 5.90. The van der Waals surface area contributed by atoms with Gasteiger partial charge in [0.05, 0.1) is 0 Å². The lowest BCUT2D eigenvalue weighted by Crippen LogP contribution is -2.29. The number of hydrogen-bond acceptors (Lipinski definition) is 2. The van der Waals surface area contributed by atoms with Crippen LogP contribution in [0.1, 0.15) is 40.0 Å². The Morgan fingerprint density at radius 1 is 1.54 bits per heavy atom. The zero-order valence-electron chi connectivity index (χ0n) is 8.52. The third kappa shape index (κ3) is 1.85. The monoisotopic (exact) mass is 183 g/mol. The van der Waals surface area contributed by atoms with Crippen LogP contribution in [0.2, 0.25) is 0 Å². The molecule has 2 rings (SSSR count). The first-order valence-corrected chi connectivity index (χ1v) is 4.90. The van der Waals surface area contributed by atoms with Crippen molar-refractivity contribution in [2.24, 2.45) is 5.41 Å². The van der Waals surface area contributed by atoms with Crippen molar-refractivity contribution < 1.29 is 9.53 Å². The highest BCUT2D eigenvalue weighted by Gasteiger charge is 2.54. The summed E-state index contributed by atoms with van der Waals surface area (Å²) in [6.45, 7) is 6.38. The Kier molecular flexibility index (Phi) is 1.71. The van der Waals surface area contributed by atoms with E-state index >= 15 is 0 Å². The highest BCUT2D eigenvalue weighted by atomic mass is 16.6. The summed E-state index contributed by atoms with van der Waals surface area (Å²) in [5, 5.41) is 2.92. The van der Waals surface area contributed by atoms with Crippen molar-refractivity contribution in [2.45, 2.75) is 51.9 Å². The van der Waals surface area contributed by atoms with Crippen LogP contribution in [-0.2, 0) is 9.53 Å². The maximum absolute atomic E-state index is 11.5. The molecule has 1 atom stereocenters. The average Bonchev–Trinajstić information content (AvgIpc) is 2.57. The summed E-state index contributed by atoms with van der Waals surface area (Å²) < 4.78 is 5.69. The topological polar surface area (TPSA) is 38.3 Å². The van der Waals surface area contributed by atoms with E-state index in [1.165, 1.54) is 0 Å². The summed E-state index contributed by atoms with van der Waals surface area (Å²) in [6, 6.07) is 0. The predicted molar refractivity (Wildman–Crippen MR) is 49.1 cm³/mol. The summed E-state index contributed by atoms with van der Waals surface area (Å²) in [6.07, 6.45) is 2.56. The first-order valence-electron chi connectivity index (χ1n) is 4.90. The smallest absolute Gasteiger partial charge is 0.251 e. The van der Waals surface area contributed by atoms with Gasteiger partial charge in [0.25, 0.3) is 5.91 Å². The standard InChI is InChI=1S/C10H17NO2/c1-9(2,3)6-7-8(12)11-10(13-7)4-5-10/h7H,4-6H2,1-3H3,(H,11,12). The minimum absolute atomic E-state index is 0.0763. The molecule has 0 radical (unpaired) electrons. The lowest BCUT2D eigenvalue weighted by Gasteiger charge is -2.20. The van der Waals surface area contributed by atoms with Gasteiger partial charge in [0.2, 0.25) is 0 Å². The third-order valence-corrected chi connectivity index (χ3v) is 2.51. The van der Waals surface area contributed by atoms with Gasteiger partial charge in [0.1, 0.15) is 11.8 Å². The fourth-order valence-electron chi connectivity index (χ4n) is 1.71. The van der Waals surface area contributed by atoms with Crippen LogP contribution < -0.4 is 5.32 Å². The molecule has 1 N–H and O–H groups in total. The first kappa shape index (κ1) is 9.00. The fraction of sp³-hybridized carbons (Fsp3) is 0.900. The van der Waals surface area contributed by atoms with Crippen molar-refractivity contribution in [3.63, 3.8) is 0 Å². The Morgan fingerprint density at radius 2 is 2.15 bits per heavy atom. The normalized spacial score (nSPS) is 30.7. The van der Waals surface area contributed by atoms with Gasteiger partial charge in [-0.3, -0.25) is 4.79 Å². The molecule has 1 saturated carbocycles. The molecule has 1 aliphatic heterocycles. The molecule has 0 aromatic heterocycles. The number of rotatable bonds is 1. The van der Waals surface area contributed by atoms with Gasteiger partial charge < -0.3 is 10.1 Å². The molecular formula is C10H17NO2. The van der Waals surface area contributed by atoms with Crippen LogP contribution in [-0.4, -0.2) is 17.7 Å². The van der Waals surface area contributed by atoms with Gasteiger partial charge in [-0.1, -0.05) is 20.8 Å². The second kappa shape index (κ2) is 2.47. The lowest BCUT2D eigenvalue weighted by molar-refractivity contribution is -0.125. The Hall–Kier alpha value is -0.570. The number of hydrogen-bond donors (Lipinski definition) is 1. The van der Waals surface area contributed by atoms with Gasteiger partial charge in [-0.05, 0) is 24.7 Å². The Balaban J connectivity index is 1.97. The highest BCUT2D eigenvalue weighted by molar-refractivity contribution is 5.83. The van der Waals surface area contributed by atoms with E-state index in [4.69, 9.17) is 4.74 Å². The number of ether oxygens (including phenoxy) is 1. The van der Waals surface area contributed by atoms with Gasteiger partial charge in [-0.2, -0.15) is 0 Å². The zero-order valence-corrected chi connectivity index (χ0v) is 8.52. The molecule has 0 aromatic rings. The lowest BCUT2D eigenvalue weighted by atomic mass is 9.89. The van der Waals surface area contributed by atoms with Crippen LogP contribution in [0.15, 0.2) is 0 Å². The number of carbonyl (C=O) groups excluding carboxylic acids is 1. The van der Waals surface area contributed by atoms with Gasteiger partial charge in [-0.15, -0.1) is 0 Å². The molecule has 3 heteroatoms. The van der Waals surface area contributed by atoms with Crippen LogP contribution >= 0.6 is 0 Å². The zero-order chi connectivity index (χ0) is 9.69. The molecule has 3 nitrogen and oxygen atoms in total. The van der Waals surface area contributed by atoms with E-state index in [1.54, 1.807) is 0 Å².